The van der Waals surface area contributed by atoms with Crippen LogP contribution in [0.25, 0.3) is 22.3 Å². The Bertz CT molecular complexity index is 886. The number of benzene rings is 1. The van der Waals surface area contributed by atoms with Crippen molar-refractivity contribution in [1.29, 1.82) is 0 Å². The minimum atomic E-state index is -0.964. The van der Waals surface area contributed by atoms with Gasteiger partial charge < -0.3 is 5.11 Å². The molecule has 118 valence electrons. The first-order valence-corrected chi connectivity index (χ1v) is 8.33. The molecule has 3 aromatic rings. The second kappa shape index (κ2) is 6.01. The smallest absolute Gasteiger partial charge is 0.328 e. The van der Waals surface area contributed by atoms with Crippen molar-refractivity contribution >= 4 is 28.3 Å². The monoisotopic (exact) mass is 326 g/mol. The third-order valence-corrected chi connectivity index (χ3v) is 4.75. The predicted molar refractivity (Wildman–Crippen MR) is 94.0 cm³/mol. The minimum absolute atomic E-state index is 0.475. The molecule has 3 rings (SSSR count). The topological polar surface area (TPSA) is 54.6 Å². The van der Waals surface area contributed by atoms with Crippen LogP contribution in [0.5, 0.6) is 0 Å². The zero-order chi connectivity index (χ0) is 16.6. The van der Waals surface area contributed by atoms with Gasteiger partial charge in [0.2, 0.25) is 0 Å². The summed E-state index contributed by atoms with van der Waals surface area (Å²) in [6, 6.07) is 8.31. The molecule has 0 saturated heterocycles. The number of hydrogen-bond acceptors (Lipinski definition) is 3. The molecular formula is C18H18N2O2S. The molecule has 4 nitrogen and oxygen atoms in total. The van der Waals surface area contributed by atoms with Crippen LogP contribution in [0.15, 0.2) is 35.7 Å². The van der Waals surface area contributed by atoms with Gasteiger partial charge in [0.15, 0.2) is 4.96 Å². The van der Waals surface area contributed by atoms with E-state index >= 15 is 0 Å². The molecule has 23 heavy (non-hydrogen) atoms. The lowest BCUT2D eigenvalue weighted by molar-refractivity contribution is -0.131. The van der Waals surface area contributed by atoms with Gasteiger partial charge >= 0.3 is 5.97 Å². The van der Waals surface area contributed by atoms with E-state index in [0.29, 0.717) is 5.92 Å². The van der Waals surface area contributed by atoms with E-state index in [1.165, 1.54) is 5.56 Å². The van der Waals surface area contributed by atoms with Gasteiger partial charge in [-0.25, -0.2) is 9.78 Å². The molecule has 0 atom stereocenters. The van der Waals surface area contributed by atoms with Crippen LogP contribution in [-0.4, -0.2) is 20.5 Å². The Hall–Kier alpha value is -2.40. The summed E-state index contributed by atoms with van der Waals surface area (Å²) in [5.41, 5.74) is 4.93. The SMILES string of the molecule is Cc1csc2nc(-c3ccc(C(C)C)cc3)c(/C=C/C(=O)O)n12. The molecule has 5 heteroatoms. The van der Waals surface area contributed by atoms with E-state index in [4.69, 9.17) is 10.1 Å². The van der Waals surface area contributed by atoms with Crippen molar-refractivity contribution in [1.82, 2.24) is 9.38 Å². The van der Waals surface area contributed by atoms with Crippen LogP contribution in [0.3, 0.4) is 0 Å². The van der Waals surface area contributed by atoms with E-state index in [2.05, 4.69) is 38.1 Å². The number of carboxylic acids is 1. The van der Waals surface area contributed by atoms with Crippen molar-refractivity contribution in [2.45, 2.75) is 26.7 Å². The van der Waals surface area contributed by atoms with Gasteiger partial charge in [0.25, 0.3) is 0 Å². The van der Waals surface area contributed by atoms with Crippen LogP contribution in [-0.2, 0) is 4.79 Å². The number of carbonyl (C=O) groups is 1. The van der Waals surface area contributed by atoms with Gasteiger partial charge in [-0.15, -0.1) is 11.3 Å². The Morgan fingerprint density at radius 1 is 1.30 bits per heavy atom. The van der Waals surface area contributed by atoms with Crippen molar-refractivity contribution in [2.75, 3.05) is 0 Å². The first-order valence-electron chi connectivity index (χ1n) is 7.45. The van der Waals surface area contributed by atoms with Crippen LogP contribution < -0.4 is 0 Å². The number of rotatable bonds is 4. The van der Waals surface area contributed by atoms with Gasteiger partial charge in [0.1, 0.15) is 0 Å². The van der Waals surface area contributed by atoms with Crippen LogP contribution >= 0.6 is 11.3 Å². The van der Waals surface area contributed by atoms with Crippen molar-refractivity contribution in [2.24, 2.45) is 0 Å². The van der Waals surface area contributed by atoms with Crippen molar-refractivity contribution in [3.63, 3.8) is 0 Å². The number of hydrogen-bond donors (Lipinski definition) is 1. The molecule has 0 saturated carbocycles. The van der Waals surface area contributed by atoms with Crippen molar-refractivity contribution in [3.8, 4) is 11.3 Å². The highest BCUT2D eigenvalue weighted by atomic mass is 32.1. The van der Waals surface area contributed by atoms with E-state index in [-0.39, 0.29) is 0 Å². The summed E-state index contributed by atoms with van der Waals surface area (Å²) in [6.07, 6.45) is 2.78. The van der Waals surface area contributed by atoms with E-state index in [1.807, 2.05) is 16.7 Å². The summed E-state index contributed by atoms with van der Waals surface area (Å²) in [7, 11) is 0. The molecule has 0 aliphatic rings. The van der Waals surface area contributed by atoms with E-state index in [9.17, 15) is 4.79 Å². The van der Waals surface area contributed by atoms with Gasteiger partial charge in [-0.1, -0.05) is 38.1 Å². The second-order valence-electron chi connectivity index (χ2n) is 5.79. The molecule has 2 aromatic heterocycles. The second-order valence-corrected chi connectivity index (χ2v) is 6.63. The van der Waals surface area contributed by atoms with Crippen LogP contribution in [0.2, 0.25) is 0 Å². The molecule has 0 spiro atoms. The Labute approximate surface area is 138 Å². The van der Waals surface area contributed by atoms with Gasteiger partial charge in [-0.05, 0) is 24.5 Å². The molecule has 1 aromatic carbocycles. The van der Waals surface area contributed by atoms with Crippen molar-refractivity contribution in [3.05, 3.63) is 52.7 Å². The minimum Gasteiger partial charge on any atom is -0.478 e. The van der Waals surface area contributed by atoms with Gasteiger partial charge in [0.05, 0.1) is 11.4 Å². The van der Waals surface area contributed by atoms with Gasteiger partial charge in [-0.2, -0.15) is 0 Å². The fourth-order valence-corrected chi connectivity index (χ4v) is 3.44. The van der Waals surface area contributed by atoms with Crippen molar-refractivity contribution < 1.29 is 9.90 Å². The quantitative estimate of drug-likeness (QED) is 0.713. The summed E-state index contributed by atoms with van der Waals surface area (Å²) in [4.78, 5) is 16.5. The number of fused-ring (bicyclic) bond motifs is 1. The highest BCUT2D eigenvalue weighted by Gasteiger charge is 2.15. The standard InChI is InChI=1S/C18H18N2O2S/c1-11(2)13-4-6-14(7-5-13)17-15(8-9-16(21)22)20-12(3)10-23-18(20)19-17/h4-11H,1-3H3,(H,21,22)/b9-8+. The lowest BCUT2D eigenvalue weighted by Crippen LogP contribution is -1.92. The lowest BCUT2D eigenvalue weighted by Gasteiger charge is -2.06. The maximum Gasteiger partial charge on any atom is 0.328 e. The molecular weight excluding hydrogens is 308 g/mol. The number of aryl methyl sites for hydroxylation is 1. The Morgan fingerprint density at radius 2 is 2.00 bits per heavy atom. The van der Waals surface area contributed by atoms with Crippen LogP contribution in [0, 0.1) is 6.92 Å². The largest absolute Gasteiger partial charge is 0.478 e. The first kappa shape index (κ1) is 15.5. The highest BCUT2D eigenvalue weighted by molar-refractivity contribution is 7.15. The molecule has 0 radical (unpaired) electrons. The van der Waals surface area contributed by atoms with Gasteiger partial charge in [-0.3, -0.25) is 4.40 Å². The molecule has 0 aliphatic carbocycles. The average Bonchev–Trinajstić information content (AvgIpc) is 3.05. The summed E-state index contributed by atoms with van der Waals surface area (Å²) in [5, 5.41) is 11.0. The predicted octanol–water partition coefficient (Wildman–Crippen LogP) is 4.59. The maximum atomic E-state index is 10.9. The molecule has 0 amide bonds. The van der Waals surface area contributed by atoms with E-state index in [0.717, 1.165) is 33.7 Å². The molecule has 0 bridgehead atoms. The zero-order valence-electron chi connectivity index (χ0n) is 13.3. The normalized spacial score (nSPS) is 11.8. The fourth-order valence-electron chi connectivity index (χ4n) is 2.56. The Kier molecular flexibility index (Phi) is 4.05. The van der Waals surface area contributed by atoms with Crippen LogP contribution in [0.1, 0.15) is 36.7 Å². The number of aromatic nitrogens is 2. The fraction of sp³-hybridized carbons (Fsp3) is 0.222. The number of aliphatic carboxylic acids is 1. The number of carboxylic acid groups (broad SMARTS) is 1. The number of nitrogens with zero attached hydrogens (tertiary/aromatic N) is 2. The molecule has 0 aliphatic heterocycles. The summed E-state index contributed by atoms with van der Waals surface area (Å²) in [6.45, 7) is 6.31. The van der Waals surface area contributed by atoms with E-state index in [1.54, 1.807) is 17.4 Å². The number of imidazole rings is 1. The highest BCUT2D eigenvalue weighted by Crippen LogP contribution is 2.30. The molecule has 1 N–H and O–H groups in total. The first-order chi connectivity index (χ1) is 11.0. The van der Waals surface area contributed by atoms with E-state index < -0.39 is 5.97 Å². The Morgan fingerprint density at radius 3 is 2.61 bits per heavy atom. The maximum absolute atomic E-state index is 10.9. The lowest BCUT2D eigenvalue weighted by atomic mass is 10.0. The average molecular weight is 326 g/mol. The molecule has 0 fully saturated rings. The Balaban J connectivity index is 2.16. The van der Waals surface area contributed by atoms with Crippen LogP contribution in [0.4, 0.5) is 0 Å². The number of thiazole rings is 1. The summed E-state index contributed by atoms with van der Waals surface area (Å²) < 4.78 is 2.00. The summed E-state index contributed by atoms with van der Waals surface area (Å²) in [5.74, 6) is -0.489. The zero-order valence-corrected chi connectivity index (χ0v) is 14.1. The third-order valence-electron chi connectivity index (χ3n) is 3.80. The van der Waals surface area contributed by atoms with Gasteiger partial charge in [0, 0.05) is 22.7 Å². The summed E-state index contributed by atoms with van der Waals surface area (Å²) >= 11 is 1.56. The molecule has 0 unspecified atom stereocenters. The third kappa shape index (κ3) is 2.92. The molecule has 2 heterocycles.